The maximum absolute atomic E-state index is 11.2. The Kier molecular flexibility index (Phi) is 3.19. The molecule has 0 aliphatic carbocycles. The second-order valence-corrected chi connectivity index (χ2v) is 4.70. The zero-order valence-electron chi connectivity index (χ0n) is 11.0. The van der Waals surface area contributed by atoms with Crippen molar-refractivity contribution in [1.82, 2.24) is 9.97 Å². The van der Waals surface area contributed by atoms with Crippen LogP contribution in [-0.2, 0) is 6.54 Å². The Morgan fingerprint density at radius 2 is 1.76 bits per heavy atom. The summed E-state index contributed by atoms with van der Waals surface area (Å²) in [4.78, 5) is 27.3. The largest absolute Gasteiger partial charge is 0.478 e. The molecule has 0 amide bonds. The van der Waals surface area contributed by atoms with Crippen LogP contribution in [0.1, 0.15) is 15.9 Å². The molecule has 1 aromatic heterocycles. The lowest BCUT2D eigenvalue weighted by molar-refractivity contribution is 0.0697. The van der Waals surface area contributed by atoms with Gasteiger partial charge in [-0.1, -0.05) is 12.1 Å². The number of aromatic amines is 2. The van der Waals surface area contributed by atoms with Gasteiger partial charge in [0.1, 0.15) is 0 Å². The van der Waals surface area contributed by atoms with Crippen LogP contribution in [0.25, 0.3) is 11.0 Å². The van der Waals surface area contributed by atoms with Crippen molar-refractivity contribution >= 4 is 22.7 Å². The summed E-state index contributed by atoms with van der Waals surface area (Å²) in [6, 6.07) is 12.2. The number of hydrogen-bond donors (Lipinski definition) is 4. The van der Waals surface area contributed by atoms with E-state index in [1.807, 2.05) is 18.2 Å². The van der Waals surface area contributed by atoms with Crippen molar-refractivity contribution in [2.75, 3.05) is 5.32 Å². The third-order valence-corrected chi connectivity index (χ3v) is 3.21. The van der Waals surface area contributed by atoms with Crippen LogP contribution in [0.5, 0.6) is 0 Å². The maximum Gasteiger partial charge on any atom is 0.335 e. The summed E-state index contributed by atoms with van der Waals surface area (Å²) >= 11 is 0. The van der Waals surface area contributed by atoms with Gasteiger partial charge in [0.2, 0.25) is 0 Å². The van der Waals surface area contributed by atoms with Crippen LogP contribution in [-0.4, -0.2) is 21.0 Å². The Hall–Kier alpha value is -3.02. The van der Waals surface area contributed by atoms with Gasteiger partial charge in [0.05, 0.1) is 16.6 Å². The fourth-order valence-electron chi connectivity index (χ4n) is 2.11. The number of aromatic nitrogens is 2. The number of nitrogens with one attached hydrogen (secondary N) is 3. The van der Waals surface area contributed by atoms with Crippen LogP contribution >= 0.6 is 0 Å². The molecule has 106 valence electrons. The maximum atomic E-state index is 11.2. The summed E-state index contributed by atoms with van der Waals surface area (Å²) in [7, 11) is 0. The fourth-order valence-corrected chi connectivity index (χ4v) is 2.11. The lowest BCUT2D eigenvalue weighted by Gasteiger charge is -2.07. The number of aromatic carboxylic acids is 1. The number of anilines is 1. The Balaban J connectivity index is 1.73. The van der Waals surface area contributed by atoms with Gasteiger partial charge in [0.25, 0.3) is 0 Å². The van der Waals surface area contributed by atoms with E-state index in [4.69, 9.17) is 5.11 Å². The molecule has 0 aliphatic heterocycles. The first-order chi connectivity index (χ1) is 10.1. The first-order valence-electron chi connectivity index (χ1n) is 6.40. The zero-order chi connectivity index (χ0) is 14.8. The molecule has 0 aliphatic rings. The first-order valence-corrected chi connectivity index (χ1v) is 6.40. The molecule has 0 spiro atoms. The molecule has 3 aromatic rings. The summed E-state index contributed by atoms with van der Waals surface area (Å²) in [5.41, 5.74) is 3.39. The van der Waals surface area contributed by atoms with E-state index in [-0.39, 0.29) is 11.3 Å². The average Bonchev–Trinajstić information content (AvgIpc) is 2.84. The highest BCUT2D eigenvalue weighted by Gasteiger charge is 2.02. The third kappa shape index (κ3) is 2.79. The van der Waals surface area contributed by atoms with E-state index in [0.29, 0.717) is 6.54 Å². The van der Waals surface area contributed by atoms with Gasteiger partial charge in [-0.2, -0.15) is 0 Å². The molecule has 0 radical (unpaired) electrons. The highest BCUT2D eigenvalue weighted by Crippen LogP contribution is 2.15. The number of carboxylic acid groups (broad SMARTS) is 1. The second-order valence-electron chi connectivity index (χ2n) is 4.70. The molecule has 0 saturated heterocycles. The Bertz CT molecular complexity index is 846. The molecule has 6 nitrogen and oxygen atoms in total. The van der Waals surface area contributed by atoms with Crippen LogP contribution in [0.3, 0.4) is 0 Å². The van der Waals surface area contributed by atoms with Crippen molar-refractivity contribution in [3.05, 3.63) is 64.1 Å². The van der Waals surface area contributed by atoms with Crippen molar-refractivity contribution < 1.29 is 9.90 Å². The van der Waals surface area contributed by atoms with Crippen LogP contribution in [0.15, 0.2) is 47.3 Å². The van der Waals surface area contributed by atoms with E-state index in [2.05, 4.69) is 15.3 Å². The topological polar surface area (TPSA) is 98.0 Å². The average molecular weight is 283 g/mol. The predicted molar refractivity (Wildman–Crippen MR) is 79.6 cm³/mol. The highest BCUT2D eigenvalue weighted by atomic mass is 16.4. The molecule has 0 unspecified atom stereocenters. The van der Waals surface area contributed by atoms with Gasteiger partial charge in [-0.05, 0) is 35.9 Å². The summed E-state index contributed by atoms with van der Waals surface area (Å²) in [6.07, 6.45) is 0. The molecular formula is C15H13N3O3. The zero-order valence-corrected chi connectivity index (χ0v) is 11.0. The monoisotopic (exact) mass is 283 g/mol. The summed E-state index contributed by atoms with van der Waals surface area (Å²) in [6.45, 7) is 0.570. The molecule has 4 N–H and O–H groups in total. The van der Waals surface area contributed by atoms with Crippen LogP contribution in [0, 0.1) is 0 Å². The van der Waals surface area contributed by atoms with Crippen LogP contribution in [0.2, 0.25) is 0 Å². The van der Waals surface area contributed by atoms with E-state index in [1.165, 1.54) is 0 Å². The molecule has 21 heavy (non-hydrogen) atoms. The van der Waals surface area contributed by atoms with Crippen molar-refractivity contribution in [3.63, 3.8) is 0 Å². The normalized spacial score (nSPS) is 10.7. The van der Waals surface area contributed by atoms with Crippen LogP contribution in [0.4, 0.5) is 5.69 Å². The van der Waals surface area contributed by atoms with Crippen molar-refractivity contribution in [2.45, 2.75) is 6.54 Å². The Labute approximate surface area is 119 Å². The molecule has 6 heteroatoms. The van der Waals surface area contributed by atoms with Gasteiger partial charge in [0.15, 0.2) is 0 Å². The standard InChI is InChI=1S/C15H13N3O3/c19-14(20)10-3-1-9(2-4-10)8-16-11-5-6-12-13(7-11)18-15(21)17-12/h1-7,16H,8H2,(H,19,20)(H2,17,18,21). The Morgan fingerprint density at radius 3 is 2.48 bits per heavy atom. The molecule has 1 heterocycles. The molecule has 0 atom stereocenters. The van der Waals surface area contributed by atoms with E-state index in [1.54, 1.807) is 24.3 Å². The van der Waals surface area contributed by atoms with Crippen molar-refractivity contribution in [1.29, 1.82) is 0 Å². The van der Waals surface area contributed by atoms with Gasteiger partial charge in [0, 0.05) is 12.2 Å². The predicted octanol–water partition coefficient (Wildman–Crippen LogP) is 2.17. The first kappa shape index (κ1) is 13.0. The molecule has 2 aromatic carbocycles. The summed E-state index contributed by atoms with van der Waals surface area (Å²) in [5, 5.41) is 12.1. The molecule has 0 fully saturated rings. The van der Waals surface area contributed by atoms with E-state index in [0.717, 1.165) is 22.3 Å². The number of imidazole rings is 1. The van der Waals surface area contributed by atoms with Gasteiger partial charge in [-0.3, -0.25) is 0 Å². The second kappa shape index (κ2) is 5.16. The summed E-state index contributed by atoms with van der Waals surface area (Å²) < 4.78 is 0. The number of H-pyrrole nitrogens is 2. The SMILES string of the molecule is O=C(O)c1ccc(CNc2ccc3[nH]c(=O)[nH]c3c2)cc1. The van der Waals surface area contributed by atoms with E-state index in [9.17, 15) is 9.59 Å². The number of hydrogen-bond acceptors (Lipinski definition) is 3. The fraction of sp³-hybridized carbons (Fsp3) is 0.0667. The van der Waals surface area contributed by atoms with Gasteiger partial charge in [-0.25, -0.2) is 9.59 Å². The number of carboxylic acids is 1. The highest BCUT2D eigenvalue weighted by molar-refractivity contribution is 5.87. The van der Waals surface area contributed by atoms with Gasteiger partial charge in [-0.15, -0.1) is 0 Å². The minimum Gasteiger partial charge on any atom is -0.478 e. The lowest BCUT2D eigenvalue weighted by Crippen LogP contribution is -2.01. The molecular weight excluding hydrogens is 270 g/mol. The summed E-state index contributed by atoms with van der Waals surface area (Å²) in [5.74, 6) is -0.934. The van der Waals surface area contributed by atoms with Gasteiger partial charge < -0.3 is 20.4 Å². The van der Waals surface area contributed by atoms with E-state index < -0.39 is 5.97 Å². The number of fused-ring (bicyclic) bond motifs is 1. The Morgan fingerprint density at radius 1 is 1.05 bits per heavy atom. The van der Waals surface area contributed by atoms with Crippen molar-refractivity contribution in [3.8, 4) is 0 Å². The molecule has 0 bridgehead atoms. The van der Waals surface area contributed by atoms with E-state index >= 15 is 0 Å². The van der Waals surface area contributed by atoms with Crippen molar-refractivity contribution in [2.24, 2.45) is 0 Å². The molecule has 0 saturated carbocycles. The molecule has 3 rings (SSSR count). The lowest BCUT2D eigenvalue weighted by atomic mass is 10.1. The quantitative estimate of drug-likeness (QED) is 0.589. The minimum atomic E-state index is -0.934. The van der Waals surface area contributed by atoms with Crippen LogP contribution < -0.4 is 11.0 Å². The number of carbonyl (C=O) groups is 1. The number of benzene rings is 2. The number of rotatable bonds is 4. The smallest absolute Gasteiger partial charge is 0.335 e. The third-order valence-electron chi connectivity index (χ3n) is 3.21. The van der Waals surface area contributed by atoms with Gasteiger partial charge >= 0.3 is 11.7 Å². The minimum absolute atomic E-state index is 0.230.